The van der Waals surface area contributed by atoms with E-state index in [-0.39, 0.29) is 24.5 Å². The number of benzene rings is 1. The largest absolute Gasteiger partial charge is 0.486 e. The van der Waals surface area contributed by atoms with E-state index in [1.807, 2.05) is 13.8 Å². The fourth-order valence-electron chi connectivity index (χ4n) is 1.99. The molecule has 1 amide bonds. The van der Waals surface area contributed by atoms with Crippen LogP contribution in [0.2, 0.25) is 0 Å². The van der Waals surface area contributed by atoms with Gasteiger partial charge in [0.2, 0.25) is 5.91 Å². The van der Waals surface area contributed by atoms with Gasteiger partial charge in [0.1, 0.15) is 13.2 Å². The van der Waals surface area contributed by atoms with E-state index in [0.717, 1.165) is 0 Å². The van der Waals surface area contributed by atoms with E-state index in [4.69, 9.17) is 9.47 Å². The third kappa shape index (κ3) is 4.48. The number of Topliss-reactive ketones (excluding diaryl/α,β-unsaturated/α-hetero) is 1. The Morgan fingerprint density at radius 2 is 1.86 bits per heavy atom. The van der Waals surface area contributed by atoms with Gasteiger partial charge in [-0.15, -0.1) is 0 Å². The number of hydrogen-bond donors (Lipinski definition) is 1. The van der Waals surface area contributed by atoms with Crippen molar-refractivity contribution in [3.8, 4) is 11.5 Å². The van der Waals surface area contributed by atoms with Crippen molar-refractivity contribution < 1.29 is 19.1 Å². The Labute approximate surface area is 124 Å². The minimum absolute atomic E-state index is 0.0633. The first-order chi connectivity index (χ1) is 10.1. The van der Waals surface area contributed by atoms with Gasteiger partial charge in [-0.1, -0.05) is 13.8 Å². The summed E-state index contributed by atoms with van der Waals surface area (Å²) in [6.45, 7) is 5.71. The average molecular weight is 291 g/mol. The fraction of sp³-hybridized carbons (Fsp3) is 0.500. The highest BCUT2D eigenvalue weighted by Crippen LogP contribution is 2.31. The van der Waals surface area contributed by atoms with Crippen molar-refractivity contribution in [1.82, 2.24) is 5.32 Å². The van der Waals surface area contributed by atoms with Gasteiger partial charge in [0.25, 0.3) is 0 Å². The molecule has 0 saturated carbocycles. The molecule has 0 atom stereocenters. The number of amides is 1. The van der Waals surface area contributed by atoms with E-state index in [1.165, 1.54) is 0 Å². The summed E-state index contributed by atoms with van der Waals surface area (Å²) in [6.07, 6.45) is 0.406. The van der Waals surface area contributed by atoms with Crippen molar-refractivity contribution in [3.05, 3.63) is 23.8 Å². The molecular weight excluding hydrogens is 270 g/mol. The van der Waals surface area contributed by atoms with Crippen LogP contribution in [0.15, 0.2) is 18.2 Å². The molecule has 0 spiro atoms. The monoisotopic (exact) mass is 291 g/mol. The van der Waals surface area contributed by atoms with Crippen molar-refractivity contribution in [2.24, 2.45) is 5.92 Å². The molecular formula is C16H21NO4. The smallest absolute Gasteiger partial charge is 0.220 e. The average Bonchev–Trinajstić information content (AvgIpc) is 2.50. The molecule has 0 aromatic heterocycles. The molecule has 1 aliphatic rings. The number of hydrogen-bond acceptors (Lipinski definition) is 4. The zero-order valence-electron chi connectivity index (χ0n) is 12.5. The second-order valence-electron chi connectivity index (χ2n) is 5.48. The predicted octanol–water partition coefficient (Wildman–Crippen LogP) is 2.19. The molecule has 1 heterocycles. The second kappa shape index (κ2) is 7.11. The summed E-state index contributed by atoms with van der Waals surface area (Å²) in [5.41, 5.74) is 0.552. The molecule has 0 fully saturated rings. The lowest BCUT2D eigenvalue weighted by Crippen LogP contribution is -2.27. The van der Waals surface area contributed by atoms with Gasteiger partial charge in [-0.2, -0.15) is 0 Å². The van der Waals surface area contributed by atoms with Crippen LogP contribution in [0.1, 0.15) is 37.0 Å². The van der Waals surface area contributed by atoms with Crippen molar-refractivity contribution >= 4 is 11.7 Å². The topological polar surface area (TPSA) is 64.6 Å². The zero-order chi connectivity index (χ0) is 15.2. The summed E-state index contributed by atoms with van der Waals surface area (Å²) >= 11 is 0. The van der Waals surface area contributed by atoms with Crippen molar-refractivity contribution in [2.75, 3.05) is 19.8 Å². The SMILES string of the molecule is CC(C)CNC(=O)CCC(=O)c1ccc2c(c1)OCCO2. The minimum Gasteiger partial charge on any atom is -0.486 e. The highest BCUT2D eigenvalue weighted by Gasteiger charge is 2.15. The third-order valence-corrected chi connectivity index (χ3v) is 3.15. The summed E-state index contributed by atoms with van der Waals surface area (Å²) in [5, 5.41) is 2.80. The van der Waals surface area contributed by atoms with Crippen LogP contribution in [0.3, 0.4) is 0 Å². The van der Waals surface area contributed by atoms with Gasteiger partial charge in [-0.05, 0) is 24.1 Å². The lowest BCUT2D eigenvalue weighted by atomic mass is 10.1. The minimum atomic E-state index is -0.0883. The van der Waals surface area contributed by atoms with Crippen LogP contribution in [-0.2, 0) is 4.79 Å². The van der Waals surface area contributed by atoms with Crippen LogP contribution in [0, 0.1) is 5.92 Å². The molecule has 1 aliphatic heterocycles. The summed E-state index contributed by atoms with van der Waals surface area (Å²) in [6, 6.07) is 5.13. The Balaban J connectivity index is 1.87. The standard InChI is InChI=1S/C16H21NO4/c1-11(2)10-17-16(19)6-4-13(18)12-3-5-14-15(9-12)21-8-7-20-14/h3,5,9,11H,4,6-8,10H2,1-2H3,(H,17,19). The van der Waals surface area contributed by atoms with E-state index in [2.05, 4.69) is 5.32 Å². The van der Waals surface area contributed by atoms with Crippen molar-refractivity contribution in [3.63, 3.8) is 0 Å². The van der Waals surface area contributed by atoms with Crippen LogP contribution >= 0.6 is 0 Å². The molecule has 0 saturated heterocycles. The molecule has 0 unspecified atom stereocenters. The first-order valence-electron chi connectivity index (χ1n) is 7.26. The van der Waals surface area contributed by atoms with Gasteiger partial charge in [0.15, 0.2) is 17.3 Å². The Hall–Kier alpha value is -2.04. The molecule has 0 bridgehead atoms. The normalized spacial score (nSPS) is 13.1. The van der Waals surface area contributed by atoms with Crippen molar-refractivity contribution in [2.45, 2.75) is 26.7 Å². The molecule has 1 N–H and O–H groups in total. The molecule has 0 aliphatic carbocycles. The maximum Gasteiger partial charge on any atom is 0.220 e. The summed E-state index contributed by atoms with van der Waals surface area (Å²) in [7, 11) is 0. The van der Waals surface area contributed by atoms with Crippen LogP contribution < -0.4 is 14.8 Å². The van der Waals surface area contributed by atoms with Gasteiger partial charge in [-0.25, -0.2) is 0 Å². The Kier molecular flexibility index (Phi) is 5.20. The van der Waals surface area contributed by atoms with Crippen LogP contribution in [0.4, 0.5) is 0 Å². The summed E-state index contributed by atoms with van der Waals surface area (Å²) < 4.78 is 10.9. The summed E-state index contributed by atoms with van der Waals surface area (Å²) in [4.78, 5) is 23.7. The van der Waals surface area contributed by atoms with Crippen LogP contribution in [-0.4, -0.2) is 31.4 Å². The molecule has 21 heavy (non-hydrogen) atoms. The molecule has 0 radical (unpaired) electrons. The van der Waals surface area contributed by atoms with Crippen LogP contribution in [0.5, 0.6) is 11.5 Å². The van der Waals surface area contributed by atoms with Gasteiger partial charge in [0, 0.05) is 24.9 Å². The van der Waals surface area contributed by atoms with E-state index < -0.39 is 0 Å². The molecule has 2 rings (SSSR count). The predicted molar refractivity (Wildman–Crippen MR) is 78.8 cm³/mol. The van der Waals surface area contributed by atoms with Gasteiger partial charge < -0.3 is 14.8 Å². The molecule has 1 aromatic carbocycles. The first kappa shape index (κ1) is 15.4. The molecule has 5 heteroatoms. The Morgan fingerprint density at radius 3 is 2.57 bits per heavy atom. The molecule has 114 valence electrons. The number of nitrogens with one attached hydrogen (secondary N) is 1. The lowest BCUT2D eigenvalue weighted by Gasteiger charge is -2.18. The Morgan fingerprint density at radius 1 is 1.14 bits per heavy atom. The van der Waals surface area contributed by atoms with Crippen molar-refractivity contribution in [1.29, 1.82) is 0 Å². The number of ketones is 1. The first-order valence-corrected chi connectivity index (χ1v) is 7.26. The highest BCUT2D eigenvalue weighted by molar-refractivity contribution is 5.98. The number of rotatable bonds is 6. The second-order valence-corrected chi connectivity index (χ2v) is 5.48. The highest BCUT2D eigenvalue weighted by atomic mass is 16.6. The maximum absolute atomic E-state index is 12.1. The Bertz CT molecular complexity index is 525. The number of carbonyl (C=O) groups excluding carboxylic acids is 2. The maximum atomic E-state index is 12.1. The van der Waals surface area contributed by atoms with E-state index in [9.17, 15) is 9.59 Å². The lowest BCUT2D eigenvalue weighted by molar-refractivity contribution is -0.121. The number of fused-ring (bicyclic) bond motifs is 1. The number of carbonyl (C=O) groups is 2. The molecule has 1 aromatic rings. The van der Waals surface area contributed by atoms with E-state index >= 15 is 0 Å². The van der Waals surface area contributed by atoms with E-state index in [1.54, 1.807) is 18.2 Å². The number of ether oxygens (including phenoxy) is 2. The quantitative estimate of drug-likeness (QED) is 0.816. The zero-order valence-corrected chi connectivity index (χ0v) is 12.5. The van der Waals surface area contributed by atoms with Crippen LogP contribution in [0.25, 0.3) is 0 Å². The van der Waals surface area contributed by atoms with Gasteiger partial charge in [-0.3, -0.25) is 9.59 Å². The summed E-state index contributed by atoms with van der Waals surface area (Å²) in [5.74, 6) is 1.51. The van der Waals surface area contributed by atoms with Gasteiger partial charge in [0.05, 0.1) is 0 Å². The molecule has 5 nitrogen and oxygen atoms in total. The third-order valence-electron chi connectivity index (χ3n) is 3.15. The fourth-order valence-corrected chi connectivity index (χ4v) is 1.99. The van der Waals surface area contributed by atoms with E-state index in [0.29, 0.717) is 42.7 Å². The van der Waals surface area contributed by atoms with Gasteiger partial charge >= 0.3 is 0 Å².